The van der Waals surface area contributed by atoms with E-state index in [1.165, 1.54) is 10.6 Å². The minimum atomic E-state index is 0.0654. The van der Waals surface area contributed by atoms with Crippen LogP contribution in [0.15, 0.2) is 12.1 Å². The maximum atomic E-state index is 9.30. The van der Waals surface area contributed by atoms with Crippen molar-refractivity contribution in [2.24, 2.45) is 7.05 Å². The topological polar surface area (TPSA) is 45.4 Å². The Kier molecular flexibility index (Phi) is 1.89. The number of nitrogens with zero attached hydrogens (tertiary/aromatic N) is 1. The molecule has 0 bridgehead atoms. The standard InChI is InChI=1S/C8H11NO2/c1-3-4-6-5-7(10)9(2)8(6)11/h3-5,10-11H,1-2H3/b4-3+. The van der Waals surface area contributed by atoms with Crippen LogP contribution in [-0.2, 0) is 7.05 Å². The highest BCUT2D eigenvalue weighted by atomic mass is 16.3. The van der Waals surface area contributed by atoms with Crippen molar-refractivity contribution in [2.45, 2.75) is 6.92 Å². The van der Waals surface area contributed by atoms with E-state index in [0.29, 0.717) is 5.56 Å². The van der Waals surface area contributed by atoms with Crippen LogP contribution < -0.4 is 0 Å². The number of hydrogen-bond donors (Lipinski definition) is 2. The fourth-order valence-electron chi connectivity index (χ4n) is 0.905. The summed E-state index contributed by atoms with van der Waals surface area (Å²) in [5.41, 5.74) is 0.632. The van der Waals surface area contributed by atoms with Gasteiger partial charge in [-0.25, -0.2) is 0 Å². The highest BCUT2D eigenvalue weighted by Gasteiger charge is 2.06. The summed E-state index contributed by atoms with van der Waals surface area (Å²) >= 11 is 0. The zero-order valence-corrected chi connectivity index (χ0v) is 6.57. The molecule has 11 heavy (non-hydrogen) atoms. The summed E-state index contributed by atoms with van der Waals surface area (Å²) in [6.07, 6.45) is 3.53. The molecule has 0 unspecified atom stereocenters. The molecule has 0 atom stereocenters. The molecule has 0 spiro atoms. The van der Waals surface area contributed by atoms with Crippen molar-refractivity contribution in [1.82, 2.24) is 4.57 Å². The first-order chi connectivity index (χ1) is 5.16. The molecule has 0 aromatic carbocycles. The molecule has 0 aliphatic rings. The lowest BCUT2D eigenvalue weighted by molar-refractivity contribution is 0.386. The third-order valence-electron chi connectivity index (χ3n) is 1.55. The van der Waals surface area contributed by atoms with Gasteiger partial charge in [-0.1, -0.05) is 12.2 Å². The van der Waals surface area contributed by atoms with E-state index in [1.54, 1.807) is 19.2 Å². The van der Waals surface area contributed by atoms with E-state index >= 15 is 0 Å². The molecule has 1 aromatic rings. The van der Waals surface area contributed by atoms with Gasteiger partial charge in [0.15, 0.2) is 5.88 Å². The number of allylic oxidation sites excluding steroid dienone is 1. The Morgan fingerprint density at radius 1 is 1.45 bits per heavy atom. The van der Waals surface area contributed by atoms with Gasteiger partial charge in [0.05, 0.1) is 0 Å². The predicted octanol–water partition coefficient (Wildman–Crippen LogP) is 1.47. The molecule has 0 saturated heterocycles. The Morgan fingerprint density at radius 2 is 2.09 bits per heavy atom. The van der Waals surface area contributed by atoms with E-state index in [9.17, 15) is 5.11 Å². The smallest absolute Gasteiger partial charge is 0.201 e. The molecule has 3 heteroatoms. The Bertz CT molecular complexity index is 287. The second-order valence-electron chi connectivity index (χ2n) is 2.34. The third-order valence-corrected chi connectivity index (χ3v) is 1.55. The Balaban J connectivity index is 3.18. The second kappa shape index (κ2) is 2.70. The molecule has 0 fully saturated rings. The number of hydrogen-bond acceptors (Lipinski definition) is 2. The molecule has 1 aromatic heterocycles. The molecule has 1 rings (SSSR count). The fraction of sp³-hybridized carbons (Fsp3) is 0.250. The van der Waals surface area contributed by atoms with Gasteiger partial charge in [-0.05, 0) is 6.92 Å². The van der Waals surface area contributed by atoms with Crippen LogP contribution in [0.2, 0.25) is 0 Å². The molecule has 3 nitrogen and oxygen atoms in total. The lowest BCUT2D eigenvalue weighted by Gasteiger charge is -1.95. The maximum absolute atomic E-state index is 9.30. The molecule has 0 aliphatic heterocycles. The van der Waals surface area contributed by atoms with Crippen molar-refractivity contribution >= 4 is 6.08 Å². The van der Waals surface area contributed by atoms with Gasteiger partial charge in [0.1, 0.15) is 0 Å². The zero-order chi connectivity index (χ0) is 8.43. The van der Waals surface area contributed by atoms with Crippen LogP contribution in [0, 0.1) is 0 Å². The van der Waals surface area contributed by atoms with Crippen LogP contribution in [0.5, 0.6) is 11.8 Å². The van der Waals surface area contributed by atoms with E-state index in [2.05, 4.69) is 0 Å². The Hall–Kier alpha value is -1.38. The molecule has 1 heterocycles. The van der Waals surface area contributed by atoms with Crippen molar-refractivity contribution in [2.75, 3.05) is 0 Å². The summed E-state index contributed by atoms with van der Waals surface area (Å²) in [6.45, 7) is 1.85. The number of aromatic hydroxyl groups is 2. The van der Waals surface area contributed by atoms with E-state index in [0.717, 1.165) is 0 Å². The van der Waals surface area contributed by atoms with Crippen molar-refractivity contribution in [3.8, 4) is 11.8 Å². The average molecular weight is 153 g/mol. The molecule has 0 radical (unpaired) electrons. The predicted molar refractivity (Wildman–Crippen MR) is 43.5 cm³/mol. The van der Waals surface area contributed by atoms with Gasteiger partial charge in [0.2, 0.25) is 5.88 Å². The van der Waals surface area contributed by atoms with Gasteiger partial charge in [0, 0.05) is 18.7 Å². The first-order valence-electron chi connectivity index (χ1n) is 3.37. The molecule has 0 aliphatic carbocycles. The summed E-state index contributed by atoms with van der Waals surface area (Å²) in [7, 11) is 1.59. The largest absolute Gasteiger partial charge is 0.494 e. The van der Waals surface area contributed by atoms with Gasteiger partial charge in [-0.2, -0.15) is 0 Å². The summed E-state index contributed by atoms with van der Waals surface area (Å²) < 4.78 is 1.31. The van der Waals surface area contributed by atoms with Gasteiger partial charge in [0.25, 0.3) is 0 Å². The fourth-order valence-corrected chi connectivity index (χ4v) is 0.905. The summed E-state index contributed by atoms with van der Waals surface area (Å²) in [5, 5.41) is 18.4. The molecular weight excluding hydrogens is 142 g/mol. The van der Waals surface area contributed by atoms with Crippen molar-refractivity contribution < 1.29 is 10.2 Å². The van der Waals surface area contributed by atoms with Crippen LogP contribution in [0.25, 0.3) is 6.08 Å². The highest BCUT2D eigenvalue weighted by Crippen LogP contribution is 2.26. The van der Waals surface area contributed by atoms with Crippen LogP contribution in [0.4, 0.5) is 0 Å². The monoisotopic (exact) mass is 153 g/mol. The zero-order valence-electron chi connectivity index (χ0n) is 6.57. The molecular formula is C8H11NO2. The summed E-state index contributed by atoms with van der Waals surface area (Å²) in [4.78, 5) is 0. The van der Waals surface area contributed by atoms with E-state index in [4.69, 9.17) is 5.11 Å². The quantitative estimate of drug-likeness (QED) is 0.641. The Morgan fingerprint density at radius 3 is 2.45 bits per heavy atom. The van der Waals surface area contributed by atoms with Gasteiger partial charge >= 0.3 is 0 Å². The summed E-state index contributed by atoms with van der Waals surface area (Å²) in [5.74, 6) is 0.149. The van der Waals surface area contributed by atoms with Gasteiger partial charge in [-0.15, -0.1) is 0 Å². The first kappa shape index (κ1) is 7.72. The molecule has 0 amide bonds. The lowest BCUT2D eigenvalue weighted by atomic mass is 10.3. The molecule has 60 valence electrons. The third kappa shape index (κ3) is 1.22. The lowest BCUT2D eigenvalue weighted by Crippen LogP contribution is -1.83. The molecule has 0 saturated carbocycles. The van der Waals surface area contributed by atoms with Crippen LogP contribution in [-0.4, -0.2) is 14.8 Å². The molecule has 2 N–H and O–H groups in total. The second-order valence-corrected chi connectivity index (χ2v) is 2.34. The van der Waals surface area contributed by atoms with Crippen molar-refractivity contribution in [3.05, 3.63) is 17.7 Å². The highest BCUT2D eigenvalue weighted by molar-refractivity contribution is 5.57. The number of rotatable bonds is 1. The minimum absolute atomic E-state index is 0.0654. The normalized spacial score (nSPS) is 11.1. The van der Waals surface area contributed by atoms with Gasteiger partial charge < -0.3 is 10.2 Å². The number of aromatic nitrogens is 1. The van der Waals surface area contributed by atoms with E-state index in [1.807, 2.05) is 6.92 Å². The summed E-state index contributed by atoms with van der Waals surface area (Å²) in [6, 6.07) is 1.51. The van der Waals surface area contributed by atoms with Crippen LogP contribution in [0.3, 0.4) is 0 Å². The minimum Gasteiger partial charge on any atom is -0.494 e. The average Bonchev–Trinajstić information content (AvgIpc) is 2.19. The van der Waals surface area contributed by atoms with E-state index < -0.39 is 0 Å². The van der Waals surface area contributed by atoms with Crippen molar-refractivity contribution in [3.63, 3.8) is 0 Å². The first-order valence-corrected chi connectivity index (χ1v) is 3.37. The SMILES string of the molecule is C/C=C/c1cc(O)n(C)c1O. The Labute approximate surface area is 65.2 Å². The van der Waals surface area contributed by atoms with Gasteiger partial charge in [-0.3, -0.25) is 4.57 Å². The van der Waals surface area contributed by atoms with E-state index in [-0.39, 0.29) is 11.8 Å². The van der Waals surface area contributed by atoms with Crippen LogP contribution >= 0.6 is 0 Å². The maximum Gasteiger partial charge on any atom is 0.201 e. The van der Waals surface area contributed by atoms with Crippen molar-refractivity contribution in [1.29, 1.82) is 0 Å². The van der Waals surface area contributed by atoms with Crippen LogP contribution in [0.1, 0.15) is 12.5 Å².